The van der Waals surface area contributed by atoms with Crippen LogP contribution < -0.4 is 4.74 Å². The first-order valence-electron chi connectivity index (χ1n) is 8.62. The lowest BCUT2D eigenvalue weighted by Gasteiger charge is -2.21. The molecule has 2 aromatic carbocycles. The monoisotopic (exact) mass is 383 g/mol. The summed E-state index contributed by atoms with van der Waals surface area (Å²) in [6, 6.07) is 17.9. The summed E-state index contributed by atoms with van der Waals surface area (Å²) in [6.45, 7) is 4.61. The van der Waals surface area contributed by atoms with Crippen LogP contribution in [0.4, 0.5) is 0 Å². The van der Waals surface area contributed by atoms with E-state index in [0.29, 0.717) is 15.8 Å². The largest absolute Gasteiger partial charge is 0.489 e. The van der Waals surface area contributed by atoms with E-state index in [9.17, 15) is 4.79 Å². The highest BCUT2D eigenvalue weighted by molar-refractivity contribution is 8.26. The van der Waals surface area contributed by atoms with Crippen molar-refractivity contribution in [2.45, 2.75) is 32.9 Å². The molecule has 0 bridgehead atoms. The Morgan fingerprint density at radius 2 is 1.85 bits per heavy atom. The maximum Gasteiger partial charge on any atom is 0.266 e. The fourth-order valence-electron chi connectivity index (χ4n) is 2.59. The summed E-state index contributed by atoms with van der Waals surface area (Å²) in [6.07, 6.45) is 2.77. The Kier molecular flexibility index (Phi) is 6.12. The quantitative estimate of drug-likeness (QED) is 0.502. The zero-order valence-corrected chi connectivity index (χ0v) is 16.5. The molecule has 1 saturated heterocycles. The molecule has 1 aliphatic heterocycles. The number of nitrogens with zero attached hydrogens (tertiary/aromatic N) is 1. The van der Waals surface area contributed by atoms with E-state index >= 15 is 0 Å². The number of carbonyl (C=O) groups excluding carboxylic acids is 1. The summed E-state index contributed by atoms with van der Waals surface area (Å²) in [4.78, 5) is 15.0. The lowest BCUT2D eigenvalue weighted by Crippen LogP contribution is -2.36. The van der Waals surface area contributed by atoms with E-state index in [1.54, 1.807) is 4.90 Å². The molecule has 2 aromatic rings. The molecule has 0 spiro atoms. The molecule has 0 N–H and O–H groups in total. The first-order valence-corrected chi connectivity index (χ1v) is 9.85. The minimum atomic E-state index is -0.00115. The van der Waals surface area contributed by atoms with E-state index in [0.717, 1.165) is 23.3 Å². The number of hydrogen-bond donors (Lipinski definition) is 0. The number of thiocarbonyl (C=S) groups is 1. The van der Waals surface area contributed by atoms with Crippen LogP contribution in [-0.4, -0.2) is 21.2 Å². The molecule has 1 unspecified atom stereocenters. The molecular formula is C21H21NO2S2. The van der Waals surface area contributed by atoms with Crippen molar-refractivity contribution in [1.82, 2.24) is 4.90 Å². The summed E-state index contributed by atoms with van der Waals surface area (Å²) in [7, 11) is 0. The third-order valence-corrected chi connectivity index (χ3v) is 5.61. The van der Waals surface area contributed by atoms with E-state index in [2.05, 4.69) is 6.92 Å². The Labute approximate surface area is 164 Å². The second-order valence-electron chi connectivity index (χ2n) is 6.15. The smallest absolute Gasteiger partial charge is 0.266 e. The first-order chi connectivity index (χ1) is 12.6. The normalized spacial score (nSPS) is 17.0. The summed E-state index contributed by atoms with van der Waals surface area (Å²) >= 11 is 6.73. The Balaban J connectivity index is 1.66. The van der Waals surface area contributed by atoms with Gasteiger partial charge in [0, 0.05) is 6.04 Å². The number of hydrogen-bond acceptors (Lipinski definition) is 4. The summed E-state index contributed by atoms with van der Waals surface area (Å²) in [5.74, 6) is 0.803. The van der Waals surface area contributed by atoms with E-state index in [4.69, 9.17) is 17.0 Å². The van der Waals surface area contributed by atoms with Crippen LogP contribution in [0.3, 0.4) is 0 Å². The molecule has 0 radical (unpaired) electrons. The van der Waals surface area contributed by atoms with Crippen molar-refractivity contribution in [2.24, 2.45) is 0 Å². The molecule has 1 heterocycles. The van der Waals surface area contributed by atoms with Gasteiger partial charge in [-0.3, -0.25) is 9.69 Å². The molecule has 1 atom stereocenters. The van der Waals surface area contributed by atoms with Gasteiger partial charge in [-0.2, -0.15) is 0 Å². The van der Waals surface area contributed by atoms with E-state index < -0.39 is 0 Å². The van der Waals surface area contributed by atoms with Crippen LogP contribution in [0.5, 0.6) is 5.75 Å². The number of amides is 1. The Morgan fingerprint density at radius 1 is 1.15 bits per heavy atom. The number of thioether (sulfide) groups is 1. The summed E-state index contributed by atoms with van der Waals surface area (Å²) in [5, 5.41) is 0. The van der Waals surface area contributed by atoms with Crippen molar-refractivity contribution in [2.75, 3.05) is 0 Å². The predicted octanol–water partition coefficient (Wildman–Crippen LogP) is 5.27. The molecule has 0 aromatic heterocycles. The molecule has 5 heteroatoms. The molecular weight excluding hydrogens is 362 g/mol. The number of rotatable bonds is 6. The van der Waals surface area contributed by atoms with Gasteiger partial charge in [0.2, 0.25) is 0 Å². The van der Waals surface area contributed by atoms with Crippen LogP contribution in [0.2, 0.25) is 0 Å². The minimum Gasteiger partial charge on any atom is -0.489 e. The highest BCUT2D eigenvalue weighted by Gasteiger charge is 2.34. The van der Waals surface area contributed by atoms with Crippen LogP contribution in [-0.2, 0) is 11.4 Å². The Bertz CT molecular complexity index is 816. The van der Waals surface area contributed by atoms with Crippen molar-refractivity contribution < 1.29 is 9.53 Å². The van der Waals surface area contributed by atoms with Crippen LogP contribution in [0.15, 0.2) is 59.5 Å². The summed E-state index contributed by atoms with van der Waals surface area (Å²) < 4.78 is 6.43. The Morgan fingerprint density at radius 3 is 2.50 bits per heavy atom. The number of carbonyl (C=O) groups is 1. The zero-order chi connectivity index (χ0) is 18.5. The molecule has 3 rings (SSSR count). The zero-order valence-electron chi connectivity index (χ0n) is 14.8. The van der Waals surface area contributed by atoms with Crippen molar-refractivity contribution >= 4 is 40.3 Å². The molecule has 134 valence electrons. The number of benzene rings is 2. The minimum absolute atomic E-state index is 0.00115. The van der Waals surface area contributed by atoms with Gasteiger partial charge < -0.3 is 4.74 Å². The third-order valence-electron chi connectivity index (χ3n) is 4.28. The van der Waals surface area contributed by atoms with Crippen molar-refractivity contribution in [3.63, 3.8) is 0 Å². The van der Waals surface area contributed by atoms with Gasteiger partial charge in [0.15, 0.2) is 0 Å². The van der Waals surface area contributed by atoms with E-state index in [1.165, 1.54) is 11.8 Å². The molecule has 1 fully saturated rings. The lowest BCUT2D eigenvalue weighted by molar-refractivity contribution is -0.123. The maximum absolute atomic E-state index is 12.6. The first kappa shape index (κ1) is 18.7. The van der Waals surface area contributed by atoms with Crippen LogP contribution >= 0.6 is 24.0 Å². The number of ether oxygens (including phenoxy) is 1. The fourth-order valence-corrected chi connectivity index (χ4v) is 4.06. The van der Waals surface area contributed by atoms with E-state index in [-0.39, 0.29) is 11.9 Å². The molecule has 1 amide bonds. The molecule has 1 aliphatic rings. The van der Waals surface area contributed by atoms with Gasteiger partial charge in [-0.15, -0.1) is 0 Å². The van der Waals surface area contributed by atoms with Crippen molar-refractivity contribution in [3.05, 3.63) is 70.6 Å². The SMILES string of the molecule is CCC(C)N1C(=O)/C(=C/c2ccc(OCc3ccccc3)cc2)SC1=S. The van der Waals surface area contributed by atoms with E-state index in [1.807, 2.05) is 67.6 Å². The Hall–Kier alpha value is -2.11. The fraction of sp³-hybridized carbons (Fsp3) is 0.238. The standard InChI is InChI=1S/C21H21NO2S2/c1-3-15(2)22-20(23)19(26-21(22)25)13-16-9-11-18(12-10-16)24-14-17-7-5-4-6-8-17/h4-13,15H,3,14H2,1-2H3/b19-13-. The molecule has 3 nitrogen and oxygen atoms in total. The van der Waals surface area contributed by atoms with Gasteiger partial charge in [-0.25, -0.2) is 0 Å². The highest BCUT2D eigenvalue weighted by Crippen LogP contribution is 2.34. The van der Waals surface area contributed by atoms with Crippen molar-refractivity contribution in [1.29, 1.82) is 0 Å². The van der Waals surface area contributed by atoms with Crippen LogP contribution in [0.25, 0.3) is 6.08 Å². The maximum atomic E-state index is 12.6. The van der Waals surface area contributed by atoms with Crippen LogP contribution in [0.1, 0.15) is 31.4 Å². The highest BCUT2D eigenvalue weighted by atomic mass is 32.2. The topological polar surface area (TPSA) is 29.5 Å². The lowest BCUT2D eigenvalue weighted by atomic mass is 10.2. The van der Waals surface area contributed by atoms with Gasteiger partial charge in [-0.1, -0.05) is 73.4 Å². The predicted molar refractivity (Wildman–Crippen MR) is 112 cm³/mol. The molecule has 26 heavy (non-hydrogen) atoms. The second-order valence-corrected chi connectivity index (χ2v) is 7.83. The van der Waals surface area contributed by atoms with Crippen molar-refractivity contribution in [3.8, 4) is 5.75 Å². The van der Waals surface area contributed by atoms with Gasteiger partial charge in [0.1, 0.15) is 16.7 Å². The third kappa shape index (κ3) is 4.34. The average Bonchev–Trinajstić information content (AvgIpc) is 2.94. The van der Waals surface area contributed by atoms with Gasteiger partial charge >= 0.3 is 0 Å². The summed E-state index contributed by atoms with van der Waals surface area (Å²) in [5.41, 5.74) is 2.09. The average molecular weight is 384 g/mol. The van der Waals surface area contributed by atoms with Crippen LogP contribution in [0, 0.1) is 0 Å². The molecule has 0 aliphatic carbocycles. The van der Waals surface area contributed by atoms with Gasteiger partial charge in [-0.05, 0) is 42.7 Å². The van der Waals surface area contributed by atoms with Gasteiger partial charge in [0.25, 0.3) is 5.91 Å². The van der Waals surface area contributed by atoms with Gasteiger partial charge in [0.05, 0.1) is 4.91 Å². The molecule has 0 saturated carbocycles. The second kappa shape index (κ2) is 8.52.